The van der Waals surface area contributed by atoms with Gasteiger partial charge in [-0.25, -0.2) is 15.0 Å². The van der Waals surface area contributed by atoms with Gasteiger partial charge in [-0.15, -0.1) is 0 Å². The molecule has 1 aliphatic rings. The predicted molar refractivity (Wildman–Crippen MR) is 109 cm³/mol. The number of aryl methyl sites for hydroxylation is 3. The molecular weight excluding hydrogens is 334 g/mol. The van der Waals surface area contributed by atoms with Crippen LogP contribution in [0.2, 0.25) is 0 Å². The van der Waals surface area contributed by atoms with Gasteiger partial charge in [-0.3, -0.25) is 0 Å². The minimum absolute atomic E-state index is 0.762. The molecule has 1 aliphatic heterocycles. The highest BCUT2D eigenvalue weighted by atomic mass is 15.2. The number of nitrogens with one attached hydrogen (secondary N) is 1. The van der Waals surface area contributed by atoms with Gasteiger partial charge in [-0.05, 0) is 43.5 Å². The van der Waals surface area contributed by atoms with Crippen LogP contribution in [0.3, 0.4) is 0 Å². The van der Waals surface area contributed by atoms with E-state index in [9.17, 15) is 0 Å². The third kappa shape index (κ3) is 3.77. The van der Waals surface area contributed by atoms with Gasteiger partial charge in [0.2, 0.25) is 0 Å². The molecule has 0 fully saturated rings. The number of anilines is 2. The molecule has 5 nitrogen and oxygen atoms in total. The van der Waals surface area contributed by atoms with Crippen LogP contribution in [-0.4, -0.2) is 21.5 Å². The first-order valence-electron chi connectivity index (χ1n) is 9.40. The van der Waals surface area contributed by atoms with E-state index in [1.54, 1.807) is 6.33 Å². The second-order valence-corrected chi connectivity index (χ2v) is 7.30. The van der Waals surface area contributed by atoms with Gasteiger partial charge in [0.05, 0.1) is 5.69 Å². The Balaban J connectivity index is 1.55. The third-order valence-electron chi connectivity index (χ3n) is 5.17. The van der Waals surface area contributed by atoms with Gasteiger partial charge in [0, 0.05) is 37.8 Å². The van der Waals surface area contributed by atoms with Crippen molar-refractivity contribution in [3.8, 4) is 0 Å². The van der Waals surface area contributed by atoms with Gasteiger partial charge in [0.1, 0.15) is 18.0 Å². The normalized spacial score (nSPS) is 13.4. The van der Waals surface area contributed by atoms with Crippen LogP contribution in [0.4, 0.5) is 11.6 Å². The van der Waals surface area contributed by atoms with E-state index >= 15 is 0 Å². The van der Waals surface area contributed by atoms with Crippen molar-refractivity contribution in [3.05, 3.63) is 76.4 Å². The number of rotatable bonds is 4. The highest BCUT2D eigenvalue weighted by Crippen LogP contribution is 2.26. The number of nitrogens with zero attached hydrogens (tertiary/aromatic N) is 4. The molecule has 1 aromatic carbocycles. The molecule has 138 valence electrons. The number of hydrogen-bond donors (Lipinski definition) is 1. The fraction of sp³-hybridized carbons (Fsp3) is 0.318. The lowest BCUT2D eigenvalue weighted by Gasteiger charge is -2.30. The summed E-state index contributed by atoms with van der Waals surface area (Å²) >= 11 is 0. The van der Waals surface area contributed by atoms with Crippen molar-refractivity contribution in [3.63, 3.8) is 0 Å². The van der Waals surface area contributed by atoms with Crippen LogP contribution >= 0.6 is 0 Å². The van der Waals surface area contributed by atoms with E-state index in [1.165, 1.54) is 27.8 Å². The van der Waals surface area contributed by atoms with E-state index in [4.69, 9.17) is 0 Å². The number of pyridine rings is 1. The molecule has 0 amide bonds. The smallest absolute Gasteiger partial charge is 0.134 e. The summed E-state index contributed by atoms with van der Waals surface area (Å²) in [5.41, 5.74) is 7.37. The molecule has 0 aliphatic carbocycles. The molecule has 0 saturated heterocycles. The van der Waals surface area contributed by atoms with Crippen molar-refractivity contribution in [2.75, 3.05) is 16.8 Å². The van der Waals surface area contributed by atoms with Crippen LogP contribution < -0.4 is 10.2 Å². The Kier molecular flexibility index (Phi) is 4.75. The largest absolute Gasteiger partial charge is 0.366 e. The average Bonchev–Trinajstić information content (AvgIpc) is 2.67. The Bertz CT molecular complexity index is 949. The second-order valence-electron chi connectivity index (χ2n) is 7.30. The highest BCUT2D eigenvalue weighted by molar-refractivity contribution is 5.52. The van der Waals surface area contributed by atoms with Gasteiger partial charge in [-0.2, -0.15) is 0 Å². The summed E-state index contributed by atoms with van der Waals surface area (Å²) in [4.78, 5) is 15.9. The van der Waals surface area contributed by atoms with Crippen LogP contribution in [0.5, 0.6) is 0 Å². The van der Waals surface area contributed by atoms with E-state index in [1.807, 2.05) is 6.20 Å². The van der Waals surface area contributed by atoms with E-state index in [2.05, 4.69) is 76.3 Å². The number of fused-ring (bicyclic) bond motifs is 1. The molecule has 2 aromatic heterocycles. The van der Waals surface area contributed by atoms with Gasteiger partial charge in [-0.1, -0.05) is 29.8 Å². The first-order chi connectivity index (χ1) is 13.1. The molecule has 27 heavy (non-hydrogen) atoms. The molecule has 0 atom stereocenters. The summed E-state index contributed by atoms with van der Waals surface area (Å²) in [5.74, 6) is 1.94. The Hall–Kier alpha value is -2.95. The number of hydrogen-bond acceptors (Lipinski definition) is 5. The van der Waals surface area contributed by atoms with Crippen LogP contribution in [0.15, 0.2) is 42.9 Å². The Morgan fingerprint density at radius 1 is 1.00 bits per heavy atom. The van der Waals surface area contributed by atoms with Crippen LogP contribution in [-0.2, 0) is 19.5 Å². The van der Waals surface area contributed by atoms with Crippen molar-refractivity contribution in [1.29, 1.82) is 0 Å². The third-order valence-corrected chi connectivity index (χ3v) is 5.17. The Labute approximate surface area is 160 Å². The summed E-state index contributed by atoms with van der Waals surface area (Å²) in [7, 11) is 0. The molecular formula is C22H25N5. The lowest BCUT2D eigenvalue weighted by Crippen LogP contribution is -2.32. The lowest BCUT2D eigenvalue weighted by molar-refractivity contribution is 0.697. The van der Waals surface area contributed by atoms with Gasteiger partial charge in [0.25, 0.3) is 0 Å². The summed E-state index contributed by atoms with van der Waals surface area (Å²) in [5, 5.41) is 3.53. The standard InChI is InChI=1S/C22H25N5/c1-15-4-6-18(17(3)10-15)12-24-22-19-13-27(9-8-20(19)25-14-26-22)21-7-5-16(2)11-23-21/h4-7,10-11,14H,8-9,12-13H2,1-3H3,(H,24,25,26). The maximum atomic E-state index is 4.58. The Morgan fingerprint density at radius 2 is 1.85 bits per heavy atom. The summed E-state index contributed by atoms with van der Waals surface area (Å²) in [6.45, 7) is 8.81. The fourth-order valence-electron chi connectivity index (χ4n) is 3.56. The number of aromatic nitrogens is 3. The predicted octanol–water partition coefficient (Wildman–Crippen LogP) is 3.97. The zero-order chi connectivity index (χ0) is 18.8. The zero-order valence-electron chi connectivity index (χ0n) is 16.2. The maximum Gasteiger partial charge on any atom is 0.134 e. The van der Waals surface area contributed by atoms with Crippen molar-refractivity contribution in [1.82, 2.24) is 15.0 Å². The van der Waals surface area contributed by atoms with Crippen molar-refractivity contribution < 1.29 is 0 Å². The fourth-order valence-corrected chi connectivity index (χ4v) is 3.56. The number of benzene rings is 1. The summed E-state index contributed by atoms with van der Waals surface area (Å²) in [6.07, 6.45) is 4.50. The summed E-state index contributed by atoms with van der Waals surface area (Å²) < 4.78 is 0. The summed E-state index contributed by atoms with van der Waals surface area (Å²) in [6, 6.07) is 10.8. The monoisotopic (exact) mass is 359 g/mol. The van der Waals surface area contributed by atoms with Crippen molar-refractivity contribution >= 4 is 11.6 Å². The Morgan fingerprint density at radius 3 is 2.63 bits per heavy atom. The van der Waals surface area contributed by atoms with Crippen LogP contribution in [0, 0.1) is 20.8 Å². The lowest BCUT2D eigenvalue weighted by atomic mass is 10.0. The average molecular weight is 359 g/mol. The highest BCUT2D eigenvalue weighted by Gasteiger charge is 2.22. The SMILES string of the molecule is Cc1ccc(N2CCc3ncnc(NCc4ccc(C)cc4C)c3C2)nc1. The zero-order valence-corrected chi connectivity index (χ0v) is 16.2. The molecule has 0 saturated carbocycles. The first-order valence-corrected chi connectivity index (χ1v) is 9.40. The van der Waals surface area contributed by atoms with Crippen molar-refractivity contribution in [2.45, 2.75) is 40.3 Å². The van der Waals surface area contributed by atoms with Gasteiger partial charge < -0.3 is 10.2 Å². The van der Waals surface area contributed by atoms with E-state index in [-0.39, 0.29) is 0 Å². The molecule has 0 spiro atoms. The second kappa shape index (κ2) is 7.35. The molecule has 0 unspecified atom stereocenters. The molecule has 3 aromatic rings. The molecule has 4 rings (SSSR count). The van der Waals surface area contributed by atoms with E-state index in [0.717, 1.165) is 43.4 Å². The minimum atomic E-state index is 0.762. The minimum Gasteiger partial charge on any atom is -0.366 e. The molecule has 0 bridgehead atoms. The van der Waals surface area contributed by atoms with Crippen molar-refractivity contribution in [2.24, 2.45) is 0 Å². The van der Waals surface area contributed by atoms with Crippen LogP contribution in [0.25, 0.3) is 0 Å². The molecule has 1 N–H and O–H groups in total. The quantitative estimate of drug-likeness (QED) is 0.764. The molecule has 3 heterocycles. The maximum absolute atomic E-state index is 4.58. The van der Waals surface area contributed by atoms with Gasteiger partial charge >= 0.3 is 0 Å². The van der Waals surface area contributed by atoms with Crippen LogP contribution in [0.1, 0.15) is 33.5 Å². The topological polar surface area (TPSA) is 53.9 Å². The van der Waals surface area contributed by atoms with Gasteiger partial charge in [0.15, 0.2) is 0 Å². The molecule has 5 heteroatoms. The molecule has 0 radical (unpaired) electrons. The van der Waals surface area contributed by atoms with E-state index < -0.39 is 0 Å². The van der Waals surface area contributed by atoms with E-state index in [0.29, 0.717) is 0 Å². The first kappa shape index (κ1) is 17.5.